The molecule has 2 heteroatoms. The molecule has 1 rings (SSSR count). The van der Waals surface area contributed by atoms with E-state index in [9.17, 15) is 5.11 Å². The minimum atomic E-state index is 0.217. The van der Waals surface area contributed by atoms with Gasteiger partial charge >= 0.3 is 0 Å². The molecule has 0 radical (unpaired) electrons. The summed E-state index contributed by atoms with van der Waals surface area (Å²) in [6.07, 6.45) is 3.72. The molecule has 0 bridgehead atoms. The van der Waals surface area contributed by atoms with Crippen LogP contribution in [0.15, 0.2) is 36.9 Å². The number of methoxy groups -OCH3 is 1. The Morgan fingerprint density at radius 3 is 2.79 bits per heavy atom. The number of benzene rings is 1. The van der Waals surface area contributed by atoms with Crippen LogP contribution in [0.25, 0.3) is 5.57 Å². The van der Waals surface area contributed by atoms with Crippen LogP contribution in [0.3, 0.4) is 0 Å². The lowest BCUT2D eigenvalue weighted by Gasteiger charge is -2.06. The van der Waals surface area contributed by atoms with E-state index in [1.165, 1.54) is 0 Å². The molecule has 0 heterocycles. The van der Waals surface area contributed by atoms with E-state index in [4.69, 9.17) is 4.74 Å². The van der Waals surface area contributed by atoms with Crippen LogP contribution in [0.2, 0.25) is 0 Å². The normalized spacial score (nSPS) is 10.4. The molecule has 1 aromatic rings. The van der Waals surface area contributed by atoms with E-state index in [1.807, 2.05) is 19.1 Å². The Kier molecular flexibility index (Phi) is 3.35. The van der Waals surface area contributed by atoms with Gasteiger partial charge in [-0.25, -0.2) is 0 Å². The van der Waals surface area contributed by atoms with Crippen molar-refractivity contribution < 1.29 is 9.84 Å². The van der Waals surface area contributed by atoms with Gasteiger partial charge in [-0.2, -0.15) is 0 Å². The summed E-state index contributed by atoms with van der Waals surface area (Å²) in [7, 11) is 1.59. The van der Waals surface area contributed by atoms with Gasteiger partial charge in [-0.05, 0) is 30.7 Å². The van der Waals surface area contributed by atoms with Crippen LogP contribution in [0.5, 0.6) is 11.5 Å². The smallest absolute Gasteiger partial charge is 0.123 e. The van der Waals surface area contributed by atoms with E-state index < -0.39 is 0 Å². The highest BCUT2D eigenvalue weighted by Gasteiger charge is 2.04. The summed E-state index contributed by atoms with van der Waals surface area (Å²) in [6.45, 7) is 5.75. The number of ether oxygens (including phenoxy) is 1. The summed E-state index contributed by atoms with van der Waals surface area (Å²) in [4.78, 5) is 0. The molecule has 0 aliphatic heterocycles. The van der Waals surface area contributed by atoms with Crippen LogP contribution < -0.4 is 4.74 Å². The Labute approximate surface area is 84.1 Å². The molecule has 0 saturated carbocycles. The average Bonchev–Trinajstić information content (AvgIpc) is 2.19. The Hall–Kier alpha value is -1.70. The van der Waals surface area contributed by atoms with Crippen molar-refractivity contribution in [2.75, 3.05) is 7.11 Å². The van der Waals surface area contributed by atoms with Crippen molar-refractivity contribution in [1.29, 1.82) is 0 Å². The van der Waals surface area contributed by atoms with Gasteiger partial charge in [0.15, 0.2) is 0 Å². The maximum absolute atomic E-state index is 9.58. The average molecular weight is 190 g/mol. The van der Waals surface area contributed by atoms with Gasteiger partial charge in [0.25, 0.3) is 0 Å². The van der Waals surface area contributed by atoms with E-state index in [0.29, 0.717) is 11.3 Å². The largest absolute Gasteiger partial charge is 0.507 e. The molecule has 0 amide bonds. The van der Waals surface area contributed by atoms with Crippen molar-refractivity contribution in [2.24, 2.45) is 0 Å². The number of hydrogen-bond donors (Lipinski definition) is 1. The number of phenols is 1. The maximum Gasteiger partial charge on any atom is 0.123 e. The van der Waals surface area contributed by atoms with E-state index in [-0.39, 0.29) is 5.75 Å². The quantitative estimate of drug-likeness (QED) is 0.742. The second kappa shape index (κ2) is 4.51. The number of aromatic hydroxyl groups is 1. The SMILES string of the molecule is C=C(/C=C\C)c1cc(OC)ccc1O. The fraction of sp³-hybridized carbons (Fsp3) is 0.167. The number of rotatable bonds is 3. The van der Waals surface area contributed by atoms with Crippen molar-refractivity contribution in [1.82, 2.24) is 0 Å². The standard InChI is InChI=1S/C12H14O2/c1-4-5-9(2)11-8-10(14-3)6-7-12(11)13/h4-8,13H,2H2,1,3H3/b5-4-. The predicted molar refractivity (Wildman–Crippen MR) is 58.5 cm³/mol. The molecule has 2 nitrogen and oxygen atoms in total. The van der Waals surface area contributed by atoms with Gasteiger partial charge in [-0.1, -0.05) is 18.7 Å². The fourth-order valence-electron chi connectivity index (χ4n) is 1.19. The maximum atomic E-state index is 9.58. The Balaban J connectivity index is 3.12. The van der Waals surface area contributed by atoms with E-state index in [2.05, 4.69) is 6.58 Å². The van der Waals surface area contributed by atoms with Crippen molar-refractivity contribution in [3.63, 3.8) is 0 Å². The summed E-state index contributed by atoms with van der Waals surface area (Å²) in [5, 5.41) is 9.58. The Bertz CT molecular complexity index is 365. The molecule has 0 aliphatic carbocycles. The minimum absolute atomic E-state index is 0.217. The molecule has 1 N–H and O–H groups in total. The number of hydrogen-bond acceptors (Lipinski definition) is 2. The molecular formula is C12H14O2. The van der Waals surface area contributed by atoms with Gasteiger partial charge in [-0.15, -0.1) is 0 Å². The molecule has 0 aliphatic rings. The van der Waals surface area contributed by atoms with Crippen LogP contribution in [0.4, 0.5) is 0 Å². The predicted octanol–water partition coefficient (Wildman–Crippen LogP) is 2.99. The van der Waals surface area contributed by atoms with Crippen LogP contribution in [0, 0.1) is 0 Å². The highest BCUT2D eigenvalue weighted by molar-refractivity contribution is 5.76. The minimum Gasteiger partial charge on any atom is -0.507 e. The zero-order chi connectivity index (χ0) is 10.6. The number of allylic oxidation sites excluding steroid dienone is 3. The Morgan fingerprint density at radius 2 is 2.21 bits per heavy atom. The number of phenolic OH excluding ortho intramolecular Hbond substituents is 1. The molecule has 0 atom stereocenters. The molecule has 0 aromatic heterocycles. The van der Waals surface area contributed by atoms with E-state index >= 15 is 0 Å². The Morgan fingerprint density at radius 1 is 1.50 bits per heavy atom. The summed E-state index contributed by atoms with van der Waals surface area (Å²) >= 11 is 0. The van der Waals surface area contributed by atoms with Crippen LogP contribution >= 0.6 is 0 Å². The van der Waals surface area contributed by atoms with Crippen LogP contribution in [0.1, 0.15) is 12.5 Å². The second-order valence-electron chi connectivity index (χ2n) is 2.91. The molecule has 0 unspecified atom stereocenters. The third-order valence-electron chi connectivity index (χ3n) is 1.92. The highest BCUT2D eigenvalue weighted by atomic mass is 16.5. The van der Waals surface area contributed by atoms with Crippen LogP contribution in [-0.2, 0) is 0 Å². The summed E-state index contributed by atoms with van der Waals surface area (Å²) in [5.74, 6) is 0.928. The zero-order valence-electron chi connectivity index (χ0n) is 8.45. The van der Waals surface area contributed by atoms with Gasteiger partial charge in [0.05, 0.1) is 7.11 Å². The van der Waals surface area contributed by atoms with Crippen molar-refractivity contribution in [3.05, 3.63) is 42.5 Å². The van der Waals surface area contributed by atoms with E-state index in [1.54, 1.807) is 25.3 Å². The van der Waals surface area contributed by atoms with Gasteiger partial charge in [-0.3, -0.25) is 0 Å². The zero-order valence-corrected chi connectivity index (χ0v) is 8.45. The monoisotopic (exact) mass is 190 g/mol. The lowest BCUT2D eigenvalue weighted by atomic mass is 10.1. The lowest BCUT2D eigenvalue weighted by molar-refractivity contribution is 0.412. The lowest BCUT2D eigenvalue weighted by Crippen LogP contribution is -1.86. The summed E-state index contributed by atoms with van der Waals surface area (Å²) in [6, 6.07) is 5.07. The molecule has 0 spiro atoms. The first kappa shape index (κ1) is 10.4. The fourth-order valence-corrected chi connectivity index (χ4v) is 1.19. The molecule has 1 aromatic carbocycles. The van der Waals surface area contributed by atoms with Gasteiger partial charge < -0.3 is 9.84 Å². The third kappa shape index (κ3) is 2.16. The van der Waals surface area contributed by atoms with Gasteiger partial charge in [0, 0.05) is 5.56 Å². The van der Waals surface area contributed by atoms with Crippen molar-refractivity contribution in [3.8, 4) is 11.5 Å². The molecule has 74 valence electrons. The highest BCUT2D eigenvalue weighted by Crippen LogP contribution is 2.28. The first-order chi connectivity index (χ1) is 6.69. The molecule has 14 heavy (non-hydrogen) atoms. The van der Waals surface area contributed by atoms with Crippen LogP contribution in [-0.4, -0.2) is 12.2 Å². The van der Waals surface area contributed by atoms with Crippen molar-refractivity contribution >= 4 is 5.57 Å². The molecule has 0 saturated heterocycles. The third-order valence-corrected chi connectivity index (χ3v) is 1.92. The topological polar surface area (TPSA) is 29.5 Å². The molecule has 0 fully saturated rings. The summed E-state index contributed by atoms with van der Waals surface area (Å²) < 4.78 is 5.06. The molecular weight excluding hydrogens is 176 g/mol. The summed E-state index contributed by atoms with van der Waals surface area (Å²) in [5.41, 5.74) is 1.46. The first-order valence-electron chi connectivity index (χ1n) is 4.38. The first-order valence-corrected chi connectivity index (χ1v) is 4.38. The van der Waals surface area contributed by atoms with E-state index in [0.717, 1.165) is 5.57 Å². The van der Waals surface area contributed by atoms with Gasteiger partial charge in [0.1, 0.15) is 11.5 Å². The van der Waals surface area contributed by atoms with Crippen molar-refractivity contribution in [2.45, 2.75) is 6.92 Å². The second-order valence-corrected chi connectivity index (χ2v) is 2.91. The van der Waals surface area contributed by atoms with Gasteiger partial charge in [0.2, 0.25) is 0 Å².